The number of rotatable bonds is 3. The summed E-state index contributed by atoms with van der Waals surface area (Å²) < 4.78 is 40.3. The molecule has 1 amide bonds. The number of para-hydroxylation sites is 1. The molecule has 0 spiro atoms. The van der Waals surface area contributed by atoms with E-state index in [2.05, 4.69) is 15.3 Å². The summed E-state index contributed by atoms with van der Waals surface area (Å²) in [5, 5.41) is 2.76. The highest BCUT2D eigenvalue weighted by molar-refractivity contribution is 6.13. The lowest BCUT2D eigenvalue weighted by molar-refractivity contribution is -0.137. The number of pyridine rings is 1. The minimum Gasteiger partial charge on any atom is -0.306 e. The topological polar surface area (TPSA) is 54.4 Å². The van der Waals surface area contributed by atoms with Gasteiger partial charge in [0.05, 0.1) is 22.5 Å². The number of benzene rings is 2. The van der Waals surface area contributed by atoms with Gasteiger partial charge in [-0.1, -0.05) is 30.3 Å². The summed E-state index contributed by atoms with van der Waals surface area (Å²) in [5.41, 5.74) is 2.73. The second-order valence-electron chi connectivity index (χ2n) is 7.22. The number of nitrogens with zero attached hydrogens (tertiary/aromatic N) is 2. The van der Waals surface area contributed by atoms with Crippen LogP contribution in [0.3, 0.4) is 0 Å². The van der Waals surface area contributed by atoms with Crippen LogP contribution in [-0.4, -0.2) is 16.6 Å². The van der Waals surface area contributed by atoms with Gasteiger partial charge >= 0.3 is 6.18 Å². The van der Waals surface area contributed by atoms with Crippen LogP contribution in [0.1, 0.15) is 38.3 Å². The molecule has 3 aromatic rings. The van der Waals surface area contributed by atoms with Crippen molar-refractivity contribution in [2.24, 2.45) is 4.99 Å². The minimum atomic E-state index is -4.48. The maximum absolute atomic E-state index is 13.4. The summed E-state index contributed by atoms with van der Waals surface area (Å²) >= 11 is 0. The van der Waals surface area contributed by atoms with Crippen molar-refractivity contribution in [2.45, 2.75) is 26.4 Å². The predicted octanol–water partition coefficient (Wildman–Crippen LogP) is 5.65. The molecule has 0 saturated carbocycles. The van der Waals surface area contributed by atoms with Crippen LogP contribution in [0, 0.1) is 13.8 Å². The van der Waals surface area contributed by atoms with E-state index in [0.29, 0.717) is 28.3 Å². The number of carbonyl (C=O) groups excluding carboxylic acids is 1. The van der Waals surface area contributed by atoms with E-state index in [9.17, 15) is 18.0 Å². The SMILES string of the molecule is Cc1cc(C)nc(NC(=O)c2cccc3c2N=C(c2ccccc2C(F)(F)F)C3)c1. The van der Waals surface area contributed by atoms with Crippen molar-refractivity contribution >= 4 is 23.1 Å². The molecule has 1 N–H and O–H groups in total. The van der Waals surface area contributed by atoms with Gasteiger partial charge in [-0.05, 0) is 49.2 Å². The number of carbonyl (C=O) groups is 1. The van der Waals surface area contributed by atoms with Crippen molar-refractivity contribution < 1.29 is 18.0 Å². The van der Waals surface area contributed by atoms with Crippen molar-refractivity contribution in [3.05, 3.63) is 88.1 Å². The van der Waals surface area contributed by atoms with Crippen LogP contribution in [0.5, 0.6) is 0 Å². The average Bonchev–Trinajstić information content (AvgIpc) is 3.10. The summed E-state index contributed by atoms with van der Waals surface area (Å²) in [7, 11) is 0. The average molecular weight is 409 g/mol. The minimum absolute atomic E-state index is 0.0310. The van der Waals surface area contributed by atoms with Crippen molar-refractivity contribution in [1.29, 1.82) is 0 Å². The van der Waals surface area contributed by atoms with Gasteiger partial charge in [0.15, 0.2) is 0 Å². The van der Waals surface area contributed by atoms with Gasteiger partial charge in [-0.15, -0.1) is 0 Å². The Morgan fingerprint density at radius 3 is 2.53 bits per heavy atom. The molecule has 0 atom stereocenters. The second kappa shape index (κ2) is 7.40. The third-order valence-corrected chi connectivity index (χ3v) is 4.85. The molecule has 0 radical (unpaired) electrons. The maximum Gasteiger partial charge on any atom is 0.417 e. The molecular weight excluding hydrogens is 391 g/mol. The van der Waals surface area contributed by atoms with Crippen LogP contribution in [0.25, 0.3) is 0 Å². The van der Waals surface area contributed by atoms with Gasteiger partial charge in [-0.25, -0.2) is 4.98 Å². The number of alkyl halides is 3. The first-order valence-electron chi connectivity index (χ1n) is 9.35. The van der Waals surface area contributed by atoms with Gasteiger partial charge in [-0.3, -0.25) is 9.79 Å². The van der Waals surface area contributed by atoms with Crippen LogP contribution >= 0.6 is 0 Å². The first kappa shape index (κ1) is 19.8. The van der Waals surface area contributed by atoms with E-state index in [1.54, 1.807) is 30.3 Å². The zero-order chi connectivity index (χ0) is 21.5. The Hall–Kier alpha value is -3.48. The Balaban J connectivity index is 1.70. The molecule has 4 rings (SSSR count). The molecule has 4 nitrogen and oxygen atoms in total. The summed E-state index contributed by atoms with van der Waals surface area (Å²) in [6, 6.07) is 14.1. The Morgan fingerprint density at radius 2 is 1.80 bits per heavy atom. The number of amides is 1. The number of aryl methyl sites for hydroxylation is 2. The normalized spacial score (nSPS) is 13.0. The van der Waals surface area contributed by atoms with Gasteiger partial charge in [0.25, 0.3) is 5.91 Å². The number of aromatic nitrogens is 1. The molecule has 1 aliphatic rings. The highest BCUT2D eigenvalue weighted by Gasteiger charge is 2.35. The fraction of sp³-hybridized carbons (Fsp3) is 0.174. The highest BCUT2D eigenvalue weighted by Crippen LogP contribution is 2.37. The fourth-order valence-electron chi connectivity index (χ4n) is 3.63. The first-order chi connectivity index (χ1) is 14.2. The standard InChI is InChI=1S/C23H18F3N3O/c1-13-10-14(2)27-20(11-13)29-22(30)17-8-5-6-15-12-19(28-21(15)17)16-7-3-4-9-18(16)23(24,25)26/h3-11H,12H2,1-2H3,(H,27,29,30). The molecule has 30 heavy (non-hydrogen) atoms. The monoisotopic (exact) mass is 409 g/mol. The lowest BCUT2D eigenvalue weighted by Gasteiger charge is -2.12. The Kier molecular flexibility index (Phi) is 4.89. The van der Waals surface area contributed by atoms with Crippen LogP contribution in [0.4, 0.5) is 24.7 Å². The van der Waals surface area contributed by atoms with E-state index in [1.165, 1.54) is 12.1 Å². The zero-order valence-corrected chi connectivity index (χ0v) is 16.3. The second-order valence-corrected chi connectivity index (χ2v) is 7.22. The maximum atomic E-state index is 13.4. The van der Waals surface area contributed by atoms with Crippen LogP contribution in [0.2, 0.25) is 0 Å². The largest absolute Gasteiger partial charge is 0.417 e. The first-order valence-corrected chi connectivity index (χ1v) is 9.35. The Labute approximate surface area is 171 Å². The number of anilines is 1. The van der Waals surface area contributed by atoms with Gasteiger partial charge in [0.2, 0.25) is 0 Å². The predicted molar refractivity (Wildman–Crippen MR) is 109 cm³/mol. The van der Waals surface area contributed by atoms with Crippen LogP contribution in [0.15, 0.2) is 59.6 Å². The Morgan fingerprint density at radius 1 is 1.03 bits per heavy atom. The molecular formula is C23H18F3N3O. The number of fused-ring (bicyclic) bond motifs is 1. The van der Waals surface area contributed by atoms with Gasteiger partial charge < -0.3 is 5.32 Å². The molecule has 0 saturated heterocycles. The van der Waals surface area contributed by atoms with Crippen LogP contribution in [-0.2, 0) is 12.6 Å². The summed E-state index contributed by atoms with van der Waals surface area (Å²) in [4.78, 5) is 21.6. The number of aliphatic imine (C=N–C) groups is 1. The lowest BCUT2D eigenvalue weighted by atomic mass is 9.98. The summed E-state index contributed by atoms with van der Waals surface area (Å²) in [5.74, 6) is 0.0122. The van der Waals surface area contributed by atoms with E-state index >= 15 is 0 Å². The van der Waals surface area contributed by atoms with Crippen LogP contribution < -0.4 is 5.32 Å². The molecule has 152 valence electrons. The Bertz CT molecular complexity index is 1160. The molecule has 7 heteroatoms. The van der Waals surface area contributed by atoms with Crippen molar-refractivity contribution in [1.82, 2.24) is 4.98 Å². The van der Waals surface area contributed by atoms with Gasteiger partial charge in [0.1, 0.15) is 5.82 Å². The number of hydrogen-bond acceptors (Lipinski definition) is 3. The molecule has 0 fully saturated rings. The molecule has 2 aromatic carbocycles. The zero-order valence-electron chi connectivity index (χ0n) is 16.3. The summed E-state index contributed by atoms with van der Waals surface area (Å²) in [6.45, 7) is 3.73. The molecule has 0 unspecified atom stereocenters. The van der Waals surface area contributed by atoms with Gasteiger partial charge in [0, 0.05) is 17.7 Å². The van der Waals surface area contributed by atoms with Crippen molar-refractivity contribution in [3.63, 3.8) is 0 Å². The third kappa shape index (κ3) is 3.83. The van der Waals surface area contributed by atoms with E-state index in [4.69, 9.17) is 0 Å². The van der Waals surface area contributed by atoms with E-state index in [-0.39, 0.29) is 12.0 Å². The number of halogens is 3. The van der Waals surface area contributed by atoms with Crippen molar-refractivity contribution in [3.8, 4) is 0 Å². The van der Waals surface area contributed by atoms with Gasteiger partial charge in [-0.2, -0.15) is 13.2 Å². The lowest BCUT2D eigenvalue weighted by Crippen LogP contribution is -2.13. The number of hydrogen-bond donors (Lipinski definition) is 1. The number of nitrogens with one attached hydrogen (secondary N) is 1. The van der Waals surface area contributed by atoms with E-state index in [1.807, 2.05) is 19.9 Å². The molecule has 0 bridgehead atoms. The van der Waals surface area contributed by atoms with Crippen molar-refractivity contribution in [2.75, 3.05) is 5.32 Å². The highest BCUT2D eigenvalue weighted by atomic mass is 19.4. The van der Waals surface area contributed by atoms with E-state index in [0.717, 1.165) is 17.3 Å². The molecule has 0 aliphatic carbocycles. The molecule has 2 heterocycles. The smallest absolute Gasteiger partial charge is 0.306 e. The summed E-state index contributed by atoms with van der Waals surface area (Å²) in [6.07, 6.45) is -4.26. The molecule has 1 aromatic heterocycles. The quantitative estimate of drug-likeness (QED) is 0.608. The third-order valence-electron chi connectivity index (χ3n) is 4.85. The molecule has 1 aliphatic heterocycles. The fourth-order valence-corrected chi connectivity index (χ4v) is 3.63. The van der Waals surface area contributed by atoms with E-state index < -0.39 is 17.6 Å².